The first kappa shape index (κ1) is 4.73. The molecule has 0 nitrogen and oxygen atoms in total. The van der Waals surface area contributed by atoms with Crippen LogP contribution in [0.4, 0.5) is 0 Å². The molecule has 1 unspecified atom stereocenters. The fraction of sp³-hybridized carbons (Fsp3) is 0.200. The molecule has 1 aromatic carbocycles. The van der Waals surface area contributed by atoms with Crippen LogP contribution in [0.3, 0.4) is 0 Å². The Kier molecular flexibility index (Phi) is 0.634. The Balaban J connectivity index is 2.33. The predicted octanol–water partition coefficient (Wildman–Crippen LogP) is 2.44. The smallest absolute Gasteiger partial charge is 0.0122 e. The third kappa shape index (κ3) is 0.367. The van der Waals surface area contributed by atoms with Crippen LogP contribution in [0.1, 0.15) is 23.0 Å². The Morgan fingerprint density at radius 1 is 0.900 bits per heavy atom. The SMILES string of the molecule is C1=C[C@H]2c3cccc(c3)C12. The van der Waals surface area contributed by atoms with E-state index in [-0.39, 0.29) is 0 Å². The zero-order chi connectivity index (χ0) is 6.55. The van der Waals surface area contributed by atoms with Crippen molar-refractivity contribution in [3.05, 3.63) is 47.5 Å². The lowest BCUT2D eigenvalue weighted by Gasteiger charge is -2.22. The topological polar surface area (TPSA) is 0 Å². The van der Waals surface area contributed by atoms with Crippen LogP contribution >= 0.6 is 0 Å². The fourth-order valence-electron chi connectivity index (χ4n) is 1.94. The lowest BCUT2D eigenvalue weighted by molar-refractivity contribution is 0.713. The van der Waals surface area contributed by atoms with Crippen molar-refractivity contribution in [2.75, 3.05) is 0 Å². The summed E-state index contributed by atoms with van der Waals surface area (Å²) in [4.78, 5) is 0. The summed E-state index contributed by atoms with van der Waals surface area (Å²) in [6.07, 6.45) is 4.60. The fourth-order valence-corrected chi connectivity index (χ4v) is 1.94. The van der Waals surface area contributed by atoms with Crippen molar-refractivity contribution in [1.29, 1.82) is 0 Å². The molecular formula is C10H8. The van der Waals surface area contributed by atoms with Gasteiger partial charge in [-0.3, -0.25) is 0 Å². The van der Waals surface area contributed by atoms with Gasteiger partial charge in [0.15, 0.2) is 0 Å². The lowest BCUT2D eigenvalue weighted by atomic mass is 9.81. The lowest BCUT2D eigenvalue weighted by Crippen LogP contribution is -2.07. The molecule has 2 bridgehead atoms. The zero-order valence-corrected chi connectivity index (χ0v) is 5.62. The van der Waals surface area contributed by atoms with E-state index in [1.807, 2.05) is 0 Å². The van der Waals surface area contributed by atoms with Crippen molar-refractivity contribution >= 4 is 0 Å². The quantitative estimate of drug-likeness (QED) is 0.471. The second-order valence-corrected chi connectivity index (χ2v) is 3.11. The van der Waals surface area contributed by atoms with E-state index in [9.17, 15) is 0 Å². The highest BCUT2D eigenvalue weighted by molar-refractivity contribution is 5.49. The van der Waals surface area contributed by atoms with Crippen LogP contribution in [-0.4, -0.2) is 0 Å². The van der Waals surface area contributed by atoms with Gasteiger partial charge in [0.25, 0.3) is 0 Å². The van der Waals surface area contributed by atoms with Crippen LogP contribution in [0.15, 0.2) is 36.4 Å². The van der Waals surface area contributed by atoms with Crippen LogP contribution in [0.2, 0.25) is 0 Å². The molecule has 2 aliphatic rings. The first-order valence-corrected chi connectivity index (χ1v) is 3.73. The van der Waals surface area contributed by atoms with Gasteiger partial charge in [0, 0.05) is 11.8 Å². The molecule has 0 heterocycles. The molecule has 0 fully saturated rings. The minimum Gasteiger partial charge on any atom is -0.0794 e. The van der Waals surface area contributed by atoms with Gasteiger partial charge >= 0.3 is 0 Å². The number of fused-ring (bicyclic) bond motifs is 5. The third-order valence-corrected chi connectivity index (χ3v) is 2.59. The number of benzene rings is 1. The van der Waals surface area contributed by atoms with E-state index in [0.717, 1.165) is 11.8 Å². The van der Waals surface area contributed by atoms with Crippen LogP contribution < -0.4 is 0 Å². The van der Waals surface area contributed by atoms with Crippen LogP contribution in [0, 0.1) is 0 Å². The van der Waals surface area contributed by atoms with Gasteiger partial charge in [-0.25, -0.2) is 0 Å². The minimum absolute atomic E-state index is 0.741. The molecular weight excluding hydrogens is 120 g/mol. The molecule has 0 amide bonds. The first-order valence-electron chi connectivity index (χ1n) is 3.73. The van der Waals surface area contributed by atoms with Gasteiger partial charge < -0.3 is 0 Å². The van der Waals surface area contributed by atoms with Gasteiger partial charge in [0.05, 0.1) is 0 Å². The van der Waals surface area contributed by atoms with Crippen molar-refractivity contribution in [3.63, 3.8) is 0 Å². The Labute approximate surface area is 60.2 Å². The van der Waals surface area contributed by atoms with Crippen molar-refractivity contribution < 1.29 is 0 Å². The van der Waals surface area contributed by atoms with Crippen molar-refractivity contribution in [3.8, 4) is 0 Å². The van der Waals surface area contributed by atoms with E-state index >= 15 is 0 Å². The molecule has 1 aromatic rings. The molecule has 0 saturated heterocycles. The number of hydrogen-bond donors (Lipinski definition) is 0. The van der Waals surface area contributed by atoms with E-state index in [4.69, 9.17) is 0 Å². The molecule has 0 aromatic heterocycles. The molecule has 48 valence electrons. The standard InChI is InChI=1S/C10H8/c1-2-7-6-8(3-1)10-5-4-9(7)10/h1-6,9-10H/t9-,10?/m0/s1. The van der Waals surface area contributed by atoms with Crippen LogP contribution in [-0.2, 0) is 0 Å². The van der Waals surface area contributed by atoms with E-state index in [0.29, 0.717) is 0 Å². The molecule has 0 spiro atoms. The zero-order valence-electron chi connectivity index (χ0n) is 5.62. The first-order chi connectivity index (χ1) is 4.95. The maximum Gasteiger partial charge on any atom is 0.0122 e. The molecule has 0 heteroatoms. The van der Waals surface area contributed by atoms with E-state index in [2.05, 4.69) is 36.4 Å². The normalized spacial score (nSPS) is 31.6. The Bertz CT molecular complexity index is 282. The Morgan fingerprint density at radius 2 is 1.50 bits per heavy atom. The Morgan fingerprint density at radius 3 is 2.00 bits per heavy atom. The summed E-state index contributed by atoms with van der Waals surface area (Å²) in [6.45, 7) is 0. The summed E-state index contributed by atoms with van der Waals surface area (Å²) in [6, 6.07) is 8.91. The van der Waals surface area contributed by atoms with Gasteiger partial charge in [-0.05, 0) is 11.1 Å². The molecule has 10 heavy (non-hydrogen) atoms. The van der Waals surface area contributed by atoms with Crippen molar-refractivity contribution in [2.45, 2.75) is 11.8 Å². The second kappa shape index (κ2) is 1.34. The molecule has 0 radical (unpaired) electrons. The molecule has 0 aliphatic heterocycles. The molecule has 2 atom stereocenters. The average Bonchev–Trinajstić information content (AvgIpc) is 1.99. The number of allylic oxidation sites excluding steroid dienone is 2. The van der Waals surface area contributed by atoms with E-state index in [1.54, 1.807) is 0 Å². The van der Waals surface area contributed by atoms with Crippen molar-refractivity contribution in [1.82, 2.24) is 0 Å². The number of rotatable bonds is 0. The van der Waals surface area contributed by atoms with Gasteiger partial charge in [-0.15, -0.1) is 0 Å². The summed E-state index contributed by atoms with van der Waals surface area (Å²) in [5, 5.41) is 0. The summed E-state index contributed by atoms with van der Waals surface area (Å²) in [7, 11) is 0. The molecule has 0 saturated carbocycles. The average molecular weight is 128 g/mol. The largest absolute Gasteiger partial charge is 0.0794 e. The maximum absolute atomic E-state index is 2.31. The highest BCUT2D eigenvalue weighted by Crippen LogP contribution is 2.47. The monoisotopic (exact) mass is 128 g/mol. The summed E-state index contributed by atoms with van der Waals surface area (Å²) in [5.41, 5.74) is 3.01. The summed E-state index contributed by atoms with van der Waals surface area (Å²) < 4.78 is 0. The third-order valence-electron chi connectivity index (χ3n) is 2.59. The molecule has 3 rings (SSSR count). The summed E-state index contributed by atoms with van der Waals surface area (Å²) in [5.74, 6) is 1.48. The highest BCUT2D eigenvalue weighted by atomic mass is 14.4. The van der Waals surface area contributed by atoms with Crippen LogP contribution in [0.5, 0.6) is 0 Å². The van der Waals surface area contributed by atoms with Crippen LogP contribution in [0.25, 0.3) is 0 Å². The molecule has 2 aliphatic carbocycles. The second-order valence-electron chi connectivity index (χ2n) is 3.11. The van der Waals surface area contributed by atoms with Gasteiger partial charge in [-0.2, -0.15) is 0 Å². The maximum atomic E-state index is 2.31. The number of hydrogen-bond acceptors (Lipinski definition) is 0. The van der Waals surface area contributed by atoms with Gasteiger partial charge in [0.2, 0.25) is 0 Å². The summed E-state index contributed by atoms with van der Waals surface area (Å²) >= 11 is 0. The van der Waals surface area contributed by atoms with Gasteiger partial charge in [0.1, 0.15) is 0 Å². The Hall–Kier alpha value is -1.04. The van der Waals surface area contributed by atoms with E-state index < -0.39 is 0 Å². The van der Waals surface area contributed by atoms with Gasteiger partial charge in [-0.1, -0.05) is 36.4 Å². The van der Waals surface area contributed by atoms with E-state index in [1.165, 1.54) is 11.1 Å². The van der Waals surface area contributed by atoms with Crippen molar-refractivity contribution in [2.24, 2.45) is 0 Å². The predicted molar refractivity (Wildman–Crippen MR) is 41.1 cm³/mol. The molecule has 0 N–H and O–H groups in total. The highest BCUT2D eigenvalue weighted by Gasteiger charge is 2.32. The minimum atomic E-state index is 0.741.